The topological polar surface area (TPSA) is 33.7 Å². The third-order valence-corrected chi connectivity index (χ3v) is 5.33. The number of fused-ring (bicyclic) bond motifs is 3. The van der Waals surface area contributed by atoms with Crippen molar-refractivity contribution in [2.75, 3.05) is 6.61 Å². The minimum atomic E-state index is -0.229. The maximum Gasteiger partial charge on any atom is 0.195 e. The van der Waals surface area contributed by atoms with Gasteiger partial charge < -0.3 is 14.9 Å². The van der Waals surface area contributed by atoms with E-state index >= 15 is 0 Å². The van der Waals surface area contributed by atoms with Gasteiger partial charge in [-0.15, -0.1) is 0 Å². The molecule has 4 heteroatoms. The Kier molecular flexibility index (Phi) is 4.70. The molecule has 146 valence electrons. The lowest BCUT2D eigenvalue weighted by molar-refractivity contribution is -0.0326. The first-order valence-electron chi connectivity index (χ1n) is 10.1. The molecule has 0 amide bonds. The molecule has 2 aliphatic rings. The summed E-state index contributed by atoms with van der Waals surface area (Å²) in [6.07, 6.45) is 3.05. The van der Waals surface area contributed by atoms with Crippen LogP contribution in [0.25, 0.3) is 5.70 Å². The van der Waals surface area contributed by atoms with E-state index in [2.05, 4.69) is 72.0 Å². The second kappa shape index (κ2) is 7.64. The number of rotatable bonds is 5. The van der Waals surface area contributed by atoms with Gasteiger partial charge in [0.05, 0.1) is 18.3 Å². The Morgan fingerprint density at radius 1 is 0.931 bits per heavy atom. The fraction of sp³-hybridized carbons (Fsp3) is 0.200. The van der Waals surface area contributed by atoms with Crippen LogP contribution in [0.2, 0.25) is 0 Å². The highest BCUT2D eigenvalue weighted by Crippen LogP contribution is 2.45. The standard InChI is InChI=1S/C25H24N2O2/c1-2-16-28-20-14-12-19(13-15-20)25-27-23(21-10-6-7-11-24(21)29-25)17-22(26-27)18-8-4-3-5-9-18/h3-15,17,23,25-26H,2,16H2,1H3/t23-,25+/m0/s1. The van der Waals surface area contributed by atoms with Crippen LogP contribution < -0.4 is 14.9 Å². The molecule has 0 saturated heterocycles. The van der Waals surface area contributed by atoms with Crippen LogP contribution in [0.4, 0.5) is 0 Å². The first kappa shape index (κ1) is 17.8. The normalized spacial score (nSPS) is 20.1. The average molecular weight is 384 g/mol. The van der Waals surface area contributed by atoms with Crippen LogP contribution in [-0.4, -0.2) is 11.6 Å². The van der Waals surface area contributed by atoms with Gasteiger partial charge in [-0.25, -0.2) is 0 Å². The van der Waals surface area contributed by atoms with Crippen molar-refractivity contribution in [3.63, 3.8) is 0 Å². The zero-order chi connectivity index (χ0) is 19.6. The number of hydrogen-bond donors (Lipinski definition) is 1. The summed E-state index contributed by atoms with van der Waals surface area (Å²) in [4.78, 5) is 0. The number of nitrogens with one attached hydrogen (secondary N) is 1. The smallest absolute Gasteiger partial charge is 0.195 e. The monoisotopic (exact) mass is 384 g/mol. The van der Waals surface area contributed by atoms with E-state index < -0.39 is 0 Å². The molecule has 0 aromatic heterocycles. The summed E-state index contributed by atoms with van der Waals surface area (Å²) in [5, 5.41) is 2.19. The highest BCUT2D eigenvalue weighted by atomic mass is 16.5. The molecule has 5 rings (SSSR count). The Hall–Kier alpha value is -3.24. The molecule has 0 fully saturated rings. The van der Waals surface area contributed by atoms with Gasteiger partial charge in [0, 0.05) is 11.1 Å². The SMILES string of the molecule is CCCOc1ccc([C@H]2Oc3ccccc3[C@@H]3C=C(c4ccccc4)NN23)cc1. The number of benzene rings is 3. The Morgan fingerprint density at radius 3 is 2.48 bits per heavy atom. The van der Waals surface area contributed by atoms with Crippen molar-refractivity contribution in [3.05, 3.63) is 102 Å². The molecule has 0 saturated carbocycles. The van der Waals surface area contributed by atoms with Crippen LogP contribution in [0.5, 0.6) is 11.5 Å². The summed E-state index contributed by atoms with van der Waals surface area (Å²) in [5.41, 5.74) is 8.11. The van der Waals surface area contributed by atoms with Crippen molar-refractivity contribution in [2.24, 2.45) is 0 Å². The largest absolute Gasteiger partial charge is 0.494 e. The van der Waals surface area contributed by atoms with Crippen LogP contribution in [0.1, 0.15) is 42.3 Å². The second-order valence-electron chi connectivity index (χ2n) is 7.34. The zero-order valence-electron chi connectivity index (χ0n) is 16.4. The lowest BCUT2D eigenvalue weighted by Gasteiger charge is -2.39. The third kappa shape index (κ3) is 3.36. The van der Waals surface area contributed by atoms with Crippen LogP contribution in [0.15, 0.2) is 84.9 Å². The molecule has 0 aliphatic carbocycles. The molecule has 29 heavy (non-hydrogen) atoms. The van der Waals surface area contributed by atoms with Gasteiger partial charge in [-0.3, -0.25) is 0 Å². The van der Waals surface area contributed by atoms with Gasteiger partial charge >= 0.3 is 0 Å². The minimum absolute atomic E-state index is 0.108. The number of ether oxygens (including phenoxy) is 2. The van der Waals surface area contributed by atoms with Gasteiger partial charge in [-0.2, -0.15) is 5.01 Å². The van der Waals surface area contributed by atoms with Gasteiger partial charge in [-0.1, -0.05) is 67.6 Å². The van der Waals surface area contributed by atoms with Crippen molar-refractivity contribution in [3.8, 4) is 11.5 Å². The van der Waals surface area contributed by atoms with E-state index in [1.54, 1.807) is 0 Å². The summed E-state index contributed by atoms with van der Waals surface area (Å²) in [5.74, 6) is 1.82. The summed E-state index contributed by atoms with van der Waals surface area (Å²) >= 11 is 0. The van der Waals surface area contributed by atoms with E-state index in [0.717, 1.165) is 35.8 Å². The molecule has 1 N–H and O–H groups in total. The summed E-state index contributed by atoms with van der Waals surface area (Å²) < 4.78 is 12.2. The Morgan fingerprint density at radius 2 is 1.69 bits per heavy atom. The highest BCUT2D eigenvalue weighted by molar-refractivity contribution is 5.67. The van der Waals surface area contributed by atoms with Gasteiger partial charge in [-0.05, 0) is 36.3 Å². The van der Waals surface area contributed by atoms with Gasteiger partial charge in [0.2, 0.25) is 0 Å². The number of nitrogens with zero attached hydrogens (tertiary/aromatic N) is 1. The molecular formula is C25H24N2O2. The van der Waals surface area contributed by atoms with E-state index in [0.29, 0.717) is 0 Å². The Bertz CT molecular complexity index is 1010. The first-order chi connectivity index (χ1) is 14.3. The van der Waals surface area contributed by atoms with Crippen LogP contribution in [-0.2, 0) is 0 Å². The quantitative estimate of drug-likeness (QED) is 0.632. The molecule has 2 aliphatic heterocycles. The van der Waals surface area contributed by atoms with Gasteiger partial charge in [0.15, 0.2) is 6.23 Å². The molecule has 2 atom stereocenters. The van der Waals surface area contributed by atoms with Crippen LogP contribution in [0, 0.1) is 0 Å². The number of para-hydroxylation sites is 1. The lowest BCUT2D eigenvalue weighted by atomic mass is 10.0. The number of hydrazine groups is 1. The van der Waals surface area contributed by atoms with Crippen LogP contribution >= 0.6 is 0 Å². The molecule has 3 aromatic carbocycles. The van der Waals surface area contributed by atoms with E-state index in [1.165, 1.54) is 11.1 Å². The van der Waals surface area contributed by atoms with Crippen molar-refractivity contribution >= 4 is 5.70 Å². The molecular weight excluding hydrogens is 360 g/mol. The highest BCUT2D eigenvalue weighted by Gasteiger charge is 2.39. The Labute approximate surface area is 171 Å². The molecule has 0 bridgehead atoms. The molecule has 0 unspecified atom stereocenters. The minimum Gasteiger partial charge on any atom is -0.494 e. The van der Waals surface area contributed by atoms with Crippen molar-refractivity contribution in [1.82, 2.24) is 10.4 Å². The van der Waals surface area contributed by atoms with E-state index in [4.69, 9.17) is 9.47 Å². The van der Waals surface area contributed by atoms with Gasteiger partial charge in [0.1, 0.15) is 11.5 Å². The maximum absolute atomic E-state index is 6.43. The fourth-order valence-corrected chi connectivity index (χ4v) is 3.89. The second-order valence-corrected chi connectivity index (χ2v) is 7.34. The van der Waals surface area contributed by atoms with Crippen molar-refractivity contribution < 1.29 is 9.47 Å². The van der Waals surface area contributed by atoms with Crippen LogP contribution in [0.3, 0.4) is 0 Å². The average Bonchev–Trinajstić information content (AvgIpc) is 3.24. The zero-order valence-corrected chi connectivity index (χ0v) is 16.4. The maximum atomic E-state index is 6.43. The fourth-order valence-electron chi connectivity index (χ4n) is 3.89. The van der Waals surface area contributed by atoms with E-state index in [-0.39, 0.29) is 12.3 Å². The summed E-state index contributed by atoms with van der Waals surface area (Å²) in [6.45, 7) is 2.84. The van der Waals surface area contributed by atoms with E-state index in [1.807, 2.05) is 30.3 Å². The molecule has 4 nitrogen and oxygen atoms in total. The first-order valence-corrected chi connectivity index (χ1v) is 10.1. The molecule has 0 radical (unpaired) electrons. The Balaban J connectivity index is 1.49. The predicted molar refractivity (Wildman–Crippen MR) is 114 cm³/mol. The third-order valence-electron chi connectivity index (χ3n) is 5.33. The van der Waals surface area contributed by atoms with Gasteiger partial charge in [0.25, 0.3) is 0 Å². The molecule has 3 aromatic rings. The molecule has 2 heterocycles. The summed E-state index contributed by atoms with van der Waals surface area (Å²) in [7, 11) is 0. The van der Waals surface area contributed by atoms with Crippen molar-refractivity contribution in [2.45, 2.75) is 25.6 Å². The molecule has 0 spiro atoms. The number of hydrogen-bond acceptors (Lipinski definition) is 4. The summed E-state index contributed by atoms with van der Waals surface area (Å²) in [6, 6.07) is 27.0. The van der Waals surface area contributed by atoms with E-state index in [9.17, 15) is 0 Å². The lowest BCUT2D eigenvalue weighted by Crippen LogP contribution is -2.43. The van der Waals surface area contributed by atoms with Crippen molar-refractivity contribution in [1.29, 1.82) is 0 Å². The predicted octanol–water partition coefficient (Wildman–Crippen LogP) is 5.47.